The maximum absolute atomic E-state index is 13.5. The van der Waals surface area contributed by atoms with E-state index in [2.05, 4.69) is 20.6 Å². The zero-order valence-electron chi connectivity index (χ0n) is 24.2. The van der Waals surface area contributed by atoms with Crippen LogP contribution >= 0.6 is 11.6 Å². The van der Waals surface area contributed by atoms with E-state index in [0.29, 0.717) is 57.7 Å². The number of amides is 1. The minimum Gasteiger partial charge on any atom is -0.466 e. The average molecular weight is 647 g/mol. The number of nitrogens with one attached hydrogen (secondary N) is 2. The molecule has 3 aliphatic heterocycles. The van der Waals surface area contributed by atoms with Gasteiger partial charge >= 0.3 is 5.97 Å². The molecule has 4 heterocycles. The number of nitrogens with zero attached hydrogens (tertiary/aromatic N) is 4. The van der Waals surface area contributed by atoms with Crippen molar-refractivity contribution >= 4 is 50.9 Å². The molecular weight excluding hydrogens is 612 g/mol. The van der Waals surface area contributed by atoms with Crippen molar-refractivity contribution in [3.63, 3.8) is 0 Å². The summed E-state index contributed by atoms with van der Waals surface area (Å²) in [6, 6.07) is 6.02. The molecule has 5 rings (SSSR count). The molecule has 16 heteroatoms. The van der Waals surface area contributed by atoms with E-state index in [4.69, 9.17) is 27.8 Å². The SMILES string of the molecule is CCOC(=O)C1CCCN(S(=O)(=O)c2cccc(C(=O)N3CCC4(CC3)CN/C(=C\C(=O)c3nc(Cl)c(N)nc3N)N4)c2)C1. The number of benzene rings is 1. The Balaban J connectivity index is 1.21. The summed E-state index contributed by atoms with van der Waals surface area (Å²) >= 11 is 5.90. The average Bonchev–Trinajstić information content (AvgIpc) is 3.40. The smallest absolute Gasteiger partial charge is 0.310 e. The van der Waals surface area contributed by atoms with Crippen LogP contribution in [0.4, 0.5) is 11.6 Å². The molecule has 0 bridgehead atoms. The van der Waals surface area contributed by atoms with E-state index in [-0.39, 0.29) is 57.5 Å². The molecule has 236 valence electrons. The van der Waals surface area contributed by atoms with Crippen LogP contribution in [0.1, 0.15) is 53.5 Å². The number of aromatic nitrogens is 2. The van der Waals surface area contributed by atoms with Gasteiger partial charge in [-0.15, -0.1) is 0 Å². The Morgan fingerprint density at radius 1 is 1.16 bits per heavy atom. The lowest BCUT2D eigenvalue weighted by atomic mass is 9.88. The molecule has 1 aromatic carbocycles. The number of halogens is 1. The second-order valence-electron chi connectivity index (χ2n) is 11.1. The first-order valence-corrected chi connectivity index (χ1v) is 16.2. The van der Waals surface area contributed by atoms with E-state index in [1.165, 1.54) is 22.5 Å². The number of carbonyl (C=O) groups excluding carboxylic acids is 3. The number of nitrogen functional groups attached to an aromatic ring is 2. The molecule has 2 aromatic rings. The van der Waals surface area contributed by atoms with Gasteiger partial charge in [-0.05, 0) is 50.8 Å². The second kappa shape index (κ2) is 12.6. The number of anilines is 2. The Bertz CT molecular complexity index is 1610. The summed E-state index contributed by atoms with van der Waals surface area (Å²) in [4.78, 5) is 47.9. The normalized spacial score (nSPS) is 21.1. The first-order chi connectivity index (χ1) is 20.9. The summed E-state index contributed by atoms with van der Waals surface area (Å²) in [7, 11) is -3.92. The molecular formula is C28H35ClN8O6S. The van der Waals surface area contributed by atoms with Crippen LogP contribution < -0.4 is 22.1 Å². The van der Waals surface area contributed by atoms with Crippen LogP contribution in [-0.4, -0.2) is 90.1 Å². The maximum Gasteiger partial charge on any atom is 0.310 e. The second-order valence-corrected chi connectivity index (χ2v) is 13.4. The third kappa shape index (κ3) is 6.44. The highest BCUT2D eigenvalue weighted by Gasteiger charge is 2.40. The third-order valence-electron chi connectivity index (χ3n) is 8.16. The maximum atomic E-state index is 13.5. The highest BCUT2D eigenvalue weighted by molar-refractivity contribution is 7.89. The fourth-order valence-corrected chi connectivity index (χ4v) is 7.42. The Morgan fingerprint density at radius 3 is 2.64 bits per heavy atom. The number of likely N-dealkylation sites (tertiary alicyclic amines) is 1. The van der Waals surface area contributed by atoms with Gasteiger partial charge in [0.1, 0.15) is 5.82 Å². The number of sulfonamides is 1. The van der Waals surface area contributed by atoms with Gasteiger partial charge in [0.2, 0.25) is 15.8 Å². The summed E-state index contributed by atoms with van der Waals surface area (Å²) < 4.78 is 33.3. The van der Waals surface area contributed by atoms with Gasteiger partial charge < -0.3 is 31.7 Å². The van der Waals surface area contributed by atoms with E-state index < -0.39 is 27.7 Å². The topological polar surface area (TPSA) is 203 Å². The molecule has 44 heavy (non-hydrogen) atoms. The fourth-order valence-electron chi connectivity index (χ4n) is 5.72. The number of piperidine rings is 2. The van der Waals surface area contributed by atoms with Gasteiger partial charge in [-0.25, -0.2) is 18.4 Å². The summed E-state index contributed by atoms with van der Waals surface area (Å²) in [5.74, 6) is -1.37. The van der Waals surface area contributed by atoms with Crippen molar-refractivity contribution in [3.8, 4) is 0 Å². The fraction of sp³-hybridized carbons (Fsp3) is 0.464. The number of esters is 1. The first kappa shape index (κ1) is 31.5. The predicted molar refractivity (Wildman–Crippen MR) is 162 cm³/mol. The molecule has 3 saturated heterocycles. The van der Waals surface area contributed by atoms with Gasteiger partial charge in [0.15, 0.2) is 22.5 Å². The quantitative estimate of drug-likeness (QED) is 0.190. The Hall–Kier alpha value is -3.95. The zero-order valence-corrected chi connectivity index (χ0v) is 25.8. The molecule has 3 aliphatic rings. The highest BCUT2D eigenvalue weighted by Crippen LogP contribution is 2.29. The number of carbonyl (C=O) groups is 3. The minimum absolute atomic E-state index is 0.00941. The van der Waals surface area contributed by atoms with Crippen LogP contribution in [0.5, 0.6) is 0 Å². The lowest BCUT2D eigenvalue weighted by Crippen LogP contribution is -2.53. The van der Waals surface area contributed by atoms with Crippen LogP contribution in [0.2, 0.25) is 5.15 Å². The van der Waals surface area contributed by atoms with E-state index in [0.717, 1.165) is 0 Å². The molecule has 1 amide bonds. The van der Waals surface area contributed by atoms with Crippen molar-refractivity contribution in [3.05, 3.63) is 52.6 Å². The van der Waals surface area contributed by atoms with Gasteiger partial charge in [-0.2, -0.15) is 4.31 Å². The predicted octanol–water partition coefficient (Wildman–Crippen LogP) is 1.15. The van der Waals surface area contributed by atoms with Gasteiger partial charge in [-0.3, -0.25) is 14.4 Å². The zero-order chi connectivity index (χ0) is 31.6. The lowest BCUT2D eigenvalue weighted by Gasteiger charge is -2.39. The third-order valence-corrected chi connectivity index (χ3v) is 10.3. The van der Waals surface area contributed by atoms with E-state index in [1.54, 1.807) is 24.0 Å². The number of rotatable bonds is 7. The van der Waals surface area contributed by atoms with Crippen molar-refractivity contribution in [1.82, 2.24) is 29.8 Å². The number of hydrogen-bond donors (Lipinski definition) is 4. The Labute approximate surface area is 260 Å². The molecule has 1 unspecified atom stereocenters. The summed E-state index contributed by atoms with van der Waals surface area (Å²) in [5.41, 5.74) is 11.2. The van der Waals surface area contributed by atoms with Gasteiger partial charge in [0.25, 0.3) is 5.91 Å². The van der Waals surface area contributed by atoms with Crippen molar-refractivity contribution in [2.75, 3.05) is 50.8 Å². The van der Waals surface area contributed by atoms with Crippen molar-refractivity contribution in [1.29, 1.82) is 0 Å². The van der Waals surface area contributed by atoms with Crippen LogP contribution in [0, 0.1) is 5.92 Å². The van der Waals surface area contributed by atoms with Gasteiger partial charge in [0.05, 0.1) is 23.0 Å². The van der Waals surface area contributed by atoms with Crippen molar-refractivity contribution in [2.45, 2.75) is 43.0 Å². The van der Waals surface area contributed by atoms with Crippen LogP contribution in [0.3, 0.4) is 0 Å². The van der Waals surface area contributed by atoms with E-state index in [9.17, 15) is 22.8 Å². The number of ketones is 1. The summed E-state index contributed by atoms with van der Waals surface area (Å²) in [5, 5.41) is 6.44. The molecule has 1 spiro atoms. The van der Waals surface area contributed by atoms with E-state index >= 15 is 0 Å². The molecule has 3 fully saturated rings. The molecule has 6 N–H and O–H groups in total. The minimum atomic E-state index is -3.92. The highest BCUT2D eigenvalue weighted by atomic mass is 35.5. The van der Waals surface area contributed by atoms with Gasteiger partial charge in [-0.1, -0.05) is 17.7 Å². The van der Waals surface area contributed by atoms with E-state index in [1.807, 2.05) is 0 Å². The molecule has 0 radical (unpaired) electrons. The van der Waals surface area contributed by atoms with Crippen molar-refractivity contribution < 1.29 is 27.5 Å². The largest absolute Gasteiger partial charge is 0.466 e. The number of nitrogens with two attached hydrogens (primary N) is 2. The summed E-state index contributed by atoms with van der Waals surface area (Å²) in [6.45, 7) is 3.67. The Morgan fingerprint density at radius 2 is 1.91 bits per heavy atom. The number of allylic oxidation sites excluding steroid dienone is 1. The summed E-state index contributed by atoms with van der Waals surface area (Å²) in [6.07, 6.45) is 3.63. The molecule has 1 atom stereocenters. The standard InChI is InChI=1S/C28H35ClN8O6S/c1-2-43-27(40)18-6-4-10-37(15-18)44(41,42)19-7-3-5-17(13-19)26(39)36-11-8-28(9-12-36)16-32-21(35-28)14-20(38)22-24(30)34-25(31)23(29)33-22/h3,5,7,13-14,18,32,35H,2,4,6,8-12,15-16H2,1H3,(H4,30,31,34)/b21-14+. The molecule has 1 aromatic heterocycles. The molecule has 0 aliphatic carbocycles. The number of ether oxygens (including phenoxy) is 1. The molecule has 0 saturated carbocycles. The Kier molecular flexibility index (Phi) is 9.00. The first-order valence-electron chi connectivity index (χ1n) is 14.3. The van der Waals surface area contributed by atoms with Crippen LogP contribution in [-0.2, 0) is 19.6 Å². The monoisotopic (exact) mass is 646 g/mol. The molecule has 14 nitrogen and oxygen atoms in total. The van der Waals surface area contributed by atoms with Crippen LogP contribution in [0.25, 0.3) is 0 Å². The van der Waals surface area contributed by atoms with Crippen molar-refractivity contribution in [2.24, 2.45) is 5.92 Å². The van der Waals surface area contributed by atoms with Gasteiger partial charge in [0, 0.05) is 44.4 Å². The van der Waals surface area contributed by atoms with Crippen LogP contribution in [0.15, 0.2) is 41.1 Å². The number of hydrogen-bond acceptors (Lipinski definition) is 12. The lowest BCUT2D eigenvalue weighted by molar-refractivity contribution is -0.149.